The second-order valence-electron chi connectivity index (χ2n) is 6.57. The topological polar surface area (TPSA) is 94.5 Å². The third-order valence-corrected chi connectivity index (χ3v) is 4.99. The number of carbonyl (C=O) groups excluding carboxylic acids is 1. The van der Waals surface area contributed by atoms with Crippen molar-refractivity contribution in [3.63, 3.8) is 0 Å². The van der Waals surface area contributed by atoms with Crippen molar-refractivity contribution in [1.29, 1.82) is 0 Å². The number of nitrogens with two attached hydrogens (primary N) is 1. The van der Waals surface area contributed by atoms with Gasteiger partial charge in [0.2, 0.25) is 11.8 Å². The minimum atomic E-state index is -0.444. The Labute approximate surface area is 151 Å². The number of aromatic nitrogens is 2. The van der Waals surface area contributed by atoms with Crippen molar-refractivity contribution < 1.29 is 14.1 Å². The van der Waals surface area contributed by atoms with Crippen molar-refractivity contribution in [1.82, 2.24) is 10.1 Å². The van der Waals surface area contributed by atoms with Gasteiger partial charge in [0.25, 0.3) is 0 Å². The zero-order valence-corrected chi connectivity index (χ0v) is 14.8. The maximum absolute atomic E-state index is 12.4. The fraction of sp³-hybridized carbons (Fsp3) is 0.471. The Balaban J connectivity index is 0.00000182. The molecule has 1 aliphatic heterocycles. The zero-order valence-electron chi connectivity index (χ0n) is 14.0. The average molecular weight is 365 g/mol. The summed E-state index contributed by atoms with van der Waals surface area (Å²) in [6, 6.07) is 7.44. The molecule has 0 radical (unpaired) electrons. The molecule has 1 saturated carbocycles. The van der Waals surface area contributed by atoms with E-state index < -0.39 is 5.54 Å². The highest BCUT2D eigenvalue weighted by Gasteiger charge is 2.41. The first-order valence-corrected chi connectivity index (χ1v) is 8.16. The first kappa shape index (κ1) is 17.7. The van der Waals surface area contributed by atoms with E-state index in [0.29, 0.717) is 24.7 Å². The Morgan fingerprint density at radius 3 is 2.64 bits per heavy atom. The first-order valence-electron chi connectivity index (χ1n) is 8.16. The Morgan fingerprint density at radius 2 is 2.04 bits per heavy atom. The molecule has 1 atom stereocenters. The number of anilines is 1. The molecular formula is C17H21ClN4O3. The summed E-state index contributed by atoms with van der Waals surface area (Å²) >= 11 is 0. The summed E-state index contributed by atoms with van der Waals surface area (Å²) in [5, 5.41) is 4.04. The molecule has 2 aliphatic rings. The summed E-state index contributed by atoms with van der Waals surface area (Å²) < 4.78 is 10.6. The summed E-state index contributed by atoms with van der Waals surface area (Å²) in [5.41, 5.74) is 6.64. The van der Waals surface area contributed by atoms with Gasteiger partial charge in [-0.05, 0) is 43.5 Å². The molecule has 1 amide bonds. The summed E-state index contributed by atoms with van der Waals surface area (Å²) in [7, 11) is 1.62. The smallest absolute Gasteiger partial charge is 0.232 e. The van der Waals surface area contributed by atoms with Gasteiger partial charge >= 0.3 is 0 Å². The van der Waals surface area contributed by atoms with Gasteiger partial charge in [-0.2, -0.15) is 4.98 Å². The number of hydrogen-bond acceptors (Lipinski definition) is 6. The molecule has 2 aromatic rings. The molecule has 1 aromatic carbocycles. The van der Waals surface area contributed by atoms with Gasteiger partial charge in [-0.1, -0.05) is 5.16 Å². The number of ether oxygens (including phenoxy) is 1. The van der Waals surface area contributed by atoms with E-state index in [1.807, 2.05) is 24.3 Å². The van der Waals surface area contributed by atoms with Crippen molar-refractivity contribution in [3.8, 4) is 5.75 Å². The minimum Gasteiger partial charge on any atom is -0.497 e. The predicted octanol–water partition coefficient (Wildman–Crippen LogP) is 2.36. The Hall–Kier alpha value is -2.12. The second kappa shape index (κ2) is 6.65. The molecule has 2 N–H and O–H groups in total. The summed E-state index contributed by atoms with van der Waals surface area (Å²) in [6.45, 7) is 0.532. The Kier molecular flexibility index (Phi) is 4.71. The van der Waals surface area contributed by atoms with Gasteiger partial charge in [0.05, 0.1) is 18.6 Å². The van der Waals surface area contributed by atoms with E-state index in [9.17, 15) is 4.79 Å². The molecule has 8 heteroatoms. The van der Waals surface area contributed by atoms with Gasteiger partial charge in [0.15, 0.2) is 5.82 Å². The number of carbonyl (C=O) groups is 1. The predicted molar refractivity (Wildman–Crippen MR) is 94.0 cm³/mol. The highest BCUT2D eigenvalue weighted by molar-refractivity contribution is 5.96. The molecule has 0 bridgehead atoms. The molecular weight excluding hydrogens is 344 g/mol. The lowest BCUT2D eigenvalue weighted by Gasteiger charge is -2.34. The van der Waals surface area contributed by atoms with Crippen molar-refractivity contribution in [3.05, 3.63) is 36.0 Å². The molecule has 134 valence electrons. The van der Waals surface area contributed by atoms with E-state index in [4.69, 9.17) is 15.0 Å². The molecule has 1 aromatic heterocycles. The fourth-order valence-corrected chi connectivity index (χ4v) is 3.27. The number of methoxy groups -OCH3 is 1. The standard InChI is InChI=1S/C17H20N4O3.ClH/c1-23-13-5-3-12(4-6-13)21-10-11(9-14(21)22)15-19-16(20-24-15)17(18)7-2-8-17;/h3-6,11H,2,7-10,18H2,1H3;1H. The Bertz CT molecular complexity index is 758. The van der Waals surface area contributed by atoms with E-state index >= 15 is 0 Å². The molecule has 1 aliphatic carbocycles. The van der Waals surface area contributed by atoms with Crippen LogP contribution in [0.25, 0.3) is 0 Å². The average Bonchev–Trinajstić information content (AvgIpc) is 3.20. The van der Waals surface area contributed by atoms with E-state index in [1.54, 1.807) is 12.0 Å². The van der Waals surface area contributed by atoms with Crippen LogP contribution < -0.4 is 15.4 Å². The second-order valence-corrected chi connectivity index (χ2v) is 6.57. The lowest BCUT2D eigenvalue weighted by molar-refractivity contribution is -0.117. The van der Waals surface area contributed by atoms with Crippen molar-refractivity contribution >= 4 is 24.0 Å². The maximum Gasteiger partial charge on any atom is 0.232 e. The third-order valence-electron chi connectivity index (χ3n) is 4.99. The van der Waals surface area contributed by atoms with E-state index in [-0.39, 0.29) is 24.2 Å². The van der Waals surface area contributed by atoms with Crippen LogP contribution in [0.2, 0.25) is 0 Å². The van der Waals surface area contributed by atoms with Crippen LogP contribution in [0.1, 0.15) is 43.3 Å². The summed E-state index contributed by atoms with van der Waals surface area (Å²) in [6.07, 6.45) is 3.22. The van der Waals surface area contributed by atoms with Crippen molar-refractivity contribution in [2.75, 3.05) is 18.6 Å². The minimum absolute atomic E-state index is 0. The van der Waals surface area contributed by atoms with Crippen LogP contribution in [-0.4, -0.2) is 29.7 Å². The largest absolute Gasteiger partial charge is 0.497 e. The normalized spacial score (nSPS) is 21.6. The molecule has 7 nitrogen and oxygen atoms in total. The summed E-state index contributed by atoms with van der Waals surface area (Å²) in [5.74, 6) is 1.79. The van der Waals surface area contributed by atoms with Gasteiger partial charge in [0.1, 0.15) is 5.75 Å². The third kappa shape index (κ3) is 3.09. The van der Waals surface area contributed by atoms with Crippen LogP contribution in [0.5, 0.6) is 5.75 Å². The quantitative estimate of drug-likeness (QED) is 0.894. The molecule has 1 saturated heterocycles. The zero-order chi connectivity index (χ0) is 16.7. The number of halogens is 1. The highest BCUT2D eigenvalue weighted by atomic mass is 35.5. The monoisotopic (exact) mass is 364 g/mol. The van der Waals surface area contributed by atoms with Crippen LogP contribution >= 0.6 is 12.4 Å². The lowest BCUT2D eigenvalue weighted by Crippen LogP contribution is -2.44. The molecule has 4 rings (SSSR count). The number of nitrogens with zero attached hydrogens (tertiary/aromatic N) is 3. The molecule has 2 fully saturated rings. The van der Waals surface area contributed by atoms with Crippen LogP contribution in [0, 0.1) is 0 Å². The van der Waals surface area contributed by atoms with Crippen LogP contribution in [0.4, 0.5) is 5.69 Å². The van der Waals surface area contributed by atoms with Gasteiger partial charge in [-0.25, -0.2) is 0 Å². The summed E-state index contributed by atoms with van der Waals surface area (Å²) in [4.78, 5) is 18.6. The lowest BCUT2D eigenvalue weighted by atomic mass is 9.77. The molecule has 2 heterocycles. The fourth-order valence-electron chi connectivity index (χ4n) is 3.27. The van der Waals surface area contributed by atoms with Gasteiger partial charge in [-0.15, -0.1) is 12.4 Å². The molecule has 25 heavy (non-hydrogen) atoms. The number of benzene rings is 1. The number of amides is 1. The van der Waals surface area contributed by atoms with Crippen LogP contribution in [0.3, 0.4) is 0 Å². The first-order chi connectivity index (χ1) is 11.6. The van der Waals surface area contributed by atoms with Gasteiger partial charge in [-0.3, -0.25) is 4.79 Å². The van der Waals surface area contributed by atoms with Crippen molar-refractivity contribution in [2.45, 2.75) is 37.1 Å². The van der Waals surface area contributed by atoms with Gasteiger partial charge in [0, 0.05) is 18.7 Å². The van der Waals surface area contributed by atoms with E-state index in [2.05, 4.69) is 10.1 Å². The Morgan fingerprint density at radius 1 is 1.32 bits per heavy atom. The number of hydrogen-bond donors (Lipinski definition) is 1. The highest BCUT2D eigenvalue weighted by Crippen LogP contribution is 2.38. The molecule has 1 unspecified atom stereocenters. The SMILES string of the molecule is COc1ccc(N2CC(c3nc(C4(N)CCC4)no3)CC2=O)cc1.Cl. The van der Waals surface area contributed by atoms with Crippen LogP contribution in [-0.2, 0) is 10.3 Å². The van der Waals surface area contributed by atoms with E-state index in [1.165, 1.54) is 0 Å². The maximum atomic E-state index is 12.4. The van der Waals surface area contributed by atoms with E-state index in [0.717, 1.165) is 30.7 Å². The molecule has 0 spiro atoms. The van der Waals surface area contributed by atoms with Gasteiger partial charge < -0.3 is 19.9 Å². The van der Waals surface area contributed by atoms with Crippen molar-refractivity contribution in [2.24, 2.45) is 5.73 Å². The number of rotatable bonds is 4. The van der Waals surface area contributed by atoms with Crippen LogP contribution in [0.15, 0.2) is 28.8 Å².